The number of benzene rings is 1. The highest BCUT2D eigenvalue weighted by molar-refractivity contribution is 5.78. The number of anilines is 1. The van der Waals surface area contributed by atoms with Crippen molar-refractivity contribution in [2.75, 3.05) is 31.1 Å². The molecular weight excluding hydrogens is 444 g/mol. The lowest BCUT2D eigenvalue weighted by Gasteiger charge is -2.37. The maximum atomic E-state index is 13.7. The molecule has 0 saturated carbocycles. The molecule has 10 nitrogen and oxygen atoms in total. The summed E-state index contributed by atoms with van der Waals surface area (Å²) < 4.78 is 29.1. The van der Waals surface area contributed by atoms with Crippen molar-refractivity contribution in [3.05, 3.63) is 59.4 Å². The van der Waals surface area contributed by atoms with Crippen molar-refractivity contribution in [2.45, 2.75) is 26.3 Å². The molecule has 4 heterocycles. The quantitative estimate of drug-likeness (QED) is 0.588. The standard InChI is InChI=1S/C22H23F2N9O/c1-14-28-15(2)32(29-14)21-12-20(25-13-26-21)30-5-7-31(8-6-30)22(34)33-19(3-4-27-33)16-9-17(23)11-18(24)10-16/h4,9-13,19H,3,5-8H2,1-2H3/t19-/m0/s1. The molecule has 1 fully saturated rings. The van der Waals surface area contributed by atoms with Crippen LogP contribution in [0.25, 0.3) is 5.82 Å². The number of hydrazone groups is 1. The average molecular weight is 467 g/mol. The normalized spacial score (nSPS) is 18.1. The molecule has 2 amide bonds. The Hall–Kier alpha value is -3.96. The summed E-state index contributed by atoms with van der Waals surface area (Å²) in [5.41, 5.74) is 0.383. The SMILES string of the molecule is Cc1nc(C)n(-c2cc(N3CCN(C(=O)N4N=CC[C@H]4c4cc(F)cc(F)c4)CC3)ncn2)n1. The molecule has 2 aromatic heterocycles. The zero-order valence-corrected chi connectivity index (χ0v) is 18.8. The molecule has 34 heavy (non-hydrogen) atoms. The van der Waals surface area contributed by atoms with E-state index in [2.05, 4.69) is 30.1 Å². The number of amides is 2. The summed E-state index contributed by atoms with van der Waals surface area (Å²) in [6.45, 7) is 5.72. The van der Waals surface area contributed by atoms with E-state index >= 15 is 0 Å². The minimum atomic E-state index is -0.677. The number of piperazine rings is 1. The van der Waals surface area contributed by atoms with Gasteiger partial charge in [0.1, 0.15) is 35.4 Å². The molecule has 2 aliphatic rings. The predicted octanol–water partition coefficient (Wildman–Crippen LogP) is 2.63. The fourth-order valence-electron chi connectivity index (χ4n) is 4.28. The van der Waals surface area contributed by atoms with Gasteiger partial charge in [-0.15, -0.1) is 5.10 Å². The molecule has 1 saturated heterocycles. The number of nitrogens with zero attached hydrogens (tertiary/aromatic N) is 9. The lowest BCUT2D eigenvalue weighted by Crippen LogP contribution is -2.52. The summed E-state index contributed by atoms with van der Waals surface area (Å²) in [5, 5.41) is 9.86. The number of carbonyl (C=O) groups is 1. The fourth-order valence-corrected chi connectivity index (χ4v) is 4.28. The second-order valence-corrected chi connectivity index (χ2v) is 8.21. The Morgan fingerprint density at radius 1 is 0.971 bits per heavy atom. The van der Waals surface area contributed by atoms with Gasteiger partial charge in [-0.05, 0) is 31.5 Å². The number of urea groups is 1. The van der Waals surface area contributed by atoms with Gasteiger partial charge in [-0.25, -0.2) is 33.5 Å². The summed E-state index contributed by atoms with van der Waals surface area (Å²) in [4.78, 5) is 29.9. The zero-order chi connectivity index (χ0) is 23.8. The van der Waals surface area contributed by atoms with E-state index in [0.717, 1.165) is 17.7 Å². The van der Waals surface area contributed by atoms with E-state index in [-0.39, 0.29) is 6.03 Å². The first-order chi connectivity index (χ1) is 16.4. The Morgan fingerprint density at radius 2 is 1.68 bits per heavy atom. The van der Waals surface area contributed by atoms with E-state index < -0.39 is 17.7 Å². The lowest BCUT2D eigenvalue weighted by molar-refractivity contribution is 0.139. The zero-order valence-electron chi connectivity index (χ0n) is 18.8. The van der Waals surface area contributed by atoms with Crippen molar-refractivity contribution in [2.24, 2.45) is 5.10 Å². The predicted molar refractivity (Wildman–Crippen MR) is 120 cm³/mol. The van der Waals surface area contributed by atoms with E-state index in [1.165, 1.54) is 23.5 Å². The number of hydrogen-bond acceptors (Lipinski definition) is 7. The first-order valence-electron chi connectivity index (χ1n) is 10.9. The Morgan fingerprint density at radius 3 is 2.35 bits per heavy atom. The molecule has 5 rings (SSSR count). The van der Waals surface area contributed by atoms with Crippen LogP contribution in [0, 0.1) is 25.5 Å². The van der Waals surface area contributed by atoms with Gasteiger partial charge in [-0.1, -0.05) is 0 Å². The molecule has 3 aromatic rings. The van der Waals surface area contributed by atoms with Gasteiger partial charge >= 0.3 is 6.03 Å². The van der Waals surface area contributed by atoms with Gasteiger partial charge in [0.05, 0.1) is 6.04 Å². The number of halogens is 2. The molecule has 1 aromatic carbocycles. The molecule has 0 N–H and O–H groups in total. The van der Waals surface area contributed by atoms with Crippen LogP contribution < -0.4 is 4.90 Å². The van der Waals surface area contributed by atoms with Crippen molar-refractivity contribution < 1.29 is 13.6 Å². The summed E-state index contributed by atoms with van der Waals surface area (Å²) >= 11 is 0. The van der Waals surface area contributed by atoms with Crippen LogP contribution >= 0.6 is 0 Å². The molecule has 1 atom stereocenters. The highest BCUT2D eigenvalue weighted by Gasteiger charge is 2.33. The van der Waals surface area contributed by atoms with Crippen molar-refractivity contribution in [1.82, 2.24) is 34.6 Å². The van der Waals surface area contributed by atoms with Crippen LogP contribution in [0.2, 0.25) is 0 Å². The van der Waals surface area contributed by atoms with E-state index in [4.69, 9.17) is 0 Å². The Balaban J connectivity index is 1.26. The van der Waals surface area contributed by atoms with Crippen LogP contribution in [0.5, 0.6) is 0 Å². The van der Waals surface area contributed by atoms with Gasteiger partial charge in [-0.2, -0.15) is 9.78 Å². The summed E-state index contributed by atoms with van der Waals surface area (Å²) in [7, 11) is 0. The number of aromatic nitrogens is 5. The molecule has 0 unspecified atom stereocenters. The number of hydrogen-bond donors (Lipinski definition) is 0. The summed E-state index contributed by atoms with van der Waals surface area (Å²) in [6, 6.07) is 4.32. The monoisotopic (exact) mass is 467 g/mol. The van der Waals surface area contributed by atoms with Crippen LogP contribution in [0.15, 0.2) is 35.7 Å². The summed E-state index contributed by atoms with van der Waals surface area (Å²) in [5.74, 6) is 1.40. The van der Waals surface area contributed by atoms with Crippen molar-refractivity contribution in [1.29, 1.82) is 0 Å². The van der Waals surface area contributed by atoms with Crippen molar-refractivity contribution in [3.8, 4) is 5.82 Å². The number of aryl methyl sites for hydroxylation is 2. The van der Waals surface area contributed by atoms with E-state index in [9.17, 15) is 13.6 Å². The van der Waals surface area contributed by atoms with Gasteiger partial charge in [0.25, 0.3) is 0 Å². The molecular formula is C22H23F2N9O. The Bertz CT molecular complexity index is 1230. The highest BCUT2D eigenvalue weighted by atomic mass is 19.1. The fraction of sp³-hybridized carbons (Fsp3) is 0.364. The molecule has 12 heteroatoms. The van der Waals surface area contributed by atoms with E-state index in [1.54, 1.807) is 15.8 Å². The summed E-state index contributed by atoms with van der Waals surface area (Å²) in [6.07, 6.45) is 3.48. The average Bonchev–Trinajstić information content (AvgIpc) is 3.44. The third-order valence-electron chi connectivity index (χ3n) is 5.90. The third kappa shape index (κ3) is 4.18. The van der Waals surface area contributed by atoms with Crippen LogP contribution in [0.1, 0.15) is 29.7 Å². The minimum Gasteiger partial charge on any atom is -0.353 e. The van der Waals surface area contributed by atoms with Gasteiger partial charge in [-0.3, -0.25) is 0 Å². The topological polar surface area (TPSA) is 95.6 Å². The van der Waals surface area contributed by atoms with Crippen LogP contribution in [-0.2, 0) is 0 Å². The molecule has 2 aliphatic heterocycles. The van der Waals surface area contributed by atoms with Gasteiger partial charge in [0.15, 0.2) is 5.82 Å². The van der Waals surface area contributed by atoms with Gasteiger partial charge < -0.3 is 9.80 Å². The van der Waals surface area contributed by atoms with Crippen LogP contribution in [0.3, 0.4) is 0 Å². The van der Waals surface area contributed by atoms with Crippen LogP contribution in [-0.4, -0.2) is 73.1 Å². The van der Waals surface area contributed by atoms with E-state index in [1.807, 2.05) is 19.9 Å². The first kappa shape index (κ1) is 21.9. The largest absolute Gasteiger partial charge is 0.353 e. The molecule has 0 bridgehead atoms. The van der Waals surface area contributed by atoms with Gasteiger partial charge in [0, 0.05) is 50.9 Å². The number of carbonyl (C=O) groups excluding carboxylic acids is 1. The van der Waals surface area contributed by atoms with Crippen LogP contribution in [0.4, 0.5) is 19.4 Å². The smallest absolute Gasteiger partial charge is 0.341 e. The van der Waals surface area contributed by atoms with E-state index in [0.29, 0.717) is 49.8 Å². The van der Waals surface area contributed by atoms with Crippen molar-refractivity contribution in [3.63, 3.8) is 0 Å². The molecule has 0 aliphatic carbocycles. The molecule has 0 spiro atoms. The molecule has 176 valence electrons. The first-order valence-corrected chi connectivity index (χ1v) is 10.9. The maximum Gasteiger partial charge on any atom is 0.341 e. The minimum absolute atomic E-state index is 0.292. The second-order valence-electron chi connectivity index (χ2n) is 8.21. The number of rotatable bonds is 3. The Kier molecular flexibility index (Phi) is 5.64. The third-order valence-corrected chi connectivity index (χ3v) is 5.90. The molecule has 0 radical (unpaired) electrons. The highest BCUT2D eigenvalue weighted by Crippen LogP contribution is 2.30. The van der Waals surface area contributed by atoms with Gasteiger partial charge in [0.2, 0.25) is 0 Å². The lowest BCUT2D eigenvalue weighted by atomic mass is 10.0. The maximum absolute atomic E-state index is 13.7. The van der Waals surface area contributed by atoms with Crippen molar-refractivity contribution >= 4 is 18.1 Å². The Labute approximate surface area is 194 Å². The second kappa shape index (κ2) is 8.76.